The van der Waals surface area contributed by atoms with Crippen molar-refractivity contribution in [3.05, 3.63) is 46.2 Å². The molecule has 1 unspecified atom stereocenters. The van der Waals surface area contributed by atoms with Crippen LogP contribution in [0.1, 0.15) is 17.5 Å². The standard InChI is InChI=1S/C16H16N2S/c1-2-13(14-4-6-19-9-14)7-15-8-16(5-3-12(1)15)10-17-11-18-16/h1-2,4,6-7,9,11H,3,5,8,10H2,(H,17,18). The molecule has 1 aromatic carbocycles. The minimum Gasteiger partial charge on any atom is -0.374 e. The number of fused-ring (bicyclic) bond motifs is 1. The van der Waals surface area contributed by atoms with Crippen LogP contribution in [0, 0.1) is 0 Å². The molecule has 1 aliphatic carbocycles. The summed E-state index contributed by atoms with van der Waals surface area (Å²) in [4.78, 5) is 4.68. The molecule has 3 heteroatoms. The minimum atomic E-state index is 0.125. The van der Waals surface area contributed by atoms with Crippen LogP contribution in [0.25, 0.3) is 11.1 Å². The Balaban J connectivity index is 1.73. The third-order valence-corrected chi connectivity index (χ3v) is 4.98. The minimum absolute atomic E-state index is 0.125. The van der Waals surface area contributed by atoms with E-state index in [1.807, 2.05) is 6.34 Å². The second-order valence-corrected chi connectivity index (χ2v) is 6.32. The molecule has 0 fully saturated rings. The average Bonchev–Trinajstić information content (AvgIpc) is 3.10. The highest BCUT2D eigenvalue weighted by molar-refractivity contribution is 7.08. The van der Waals surface area contributed by atoms with E-state index in [9.17, 15) is 0 Å². The molecule has 0 bridgehead atoms. The fourth-order valence-electron chi connectivity index (χ4n) is 3.18. The van der Waals surface area contributed by atoms with Crippen molar-refractivity contribution in [1.82, 2.24) is 5.32 Å². The monoisotopic (exact) mass is 268 g/mol. The SMILES string of the molecule is C1=NC2(CCc3ccc(-c4ccsc4)cc3C2)CN1. The van der Waals surface area contributed by atoms with E-state index in [0.717, 1.165) is 19.4 Å². The molecular formula is C16H16N2S. The Bertz CT molecular complexity index is 630. The number of nitrogens with zero attached hydrogens (tertiary/aromatic N) is 1. The molecule has 2 aliphatic rings. The highest BCUT2D eigenvalue weighted by Crippen LogP contribution is 2.35. The van der Waals surface area contributed by atoms with E-state index in [-0.39, 0.29) is 5.54 Å². The first kappa shape index (κ1) is 11.2. The van der Waals surface area contributed by atoms with Crippen LogP contribution in [0.4, 0.5) is 0 Å². The van der Waals surface area contributed by atoms with Gasteiger partial charge in [0, 0.05) is 6.54 Å². The van der Waals surface area contributed by atoms with Gasteiger partial charge in [0.1, 0.15) is 0 Å². The molecular weight excluding hydrogens is 252 g/mol. The second kappa shape index (κ2) is 4.20. The molecule has 0 saturated carbocycles. The maximum atomic E-state index is 4.68. The molecule has 2 heterocycles. The third kappa shape index (κ3) is 1.89. The topological polar surface area (TPSA) is 24.4 Å². The van der Waals surface area contributed by atoms with Crippen molar-refractivity contribution in [2.45, 2.75) is 24.8 Å². The van der Waals surface area contributed by atoms with Crippen LogP contribution in [-0.2, 0) is 12.8 Å². The van der Waals surface area contributed by atoms with Crippen molar-refractivity contribution < 1.29 is 0 Å². The Morgan fingerprint density at radius 2 is 2.16 bits per heavy atom. The third-order valence-electron chi connectivity index (χ3n) is 4.30. The van der Waals surface area contributed by atoms with E-state index in [0.29, 0.717) is 0 Å². The molecule has 1 N–H and O–H groups in total. The average molecular weight is 268 g/mol. The molecule has 1 atom stereocenters. The van der Waals surface area contributed by atoms with E-state index in [4.69, 9.17) is 0 Å². The van der Waals surface area contributed by atoms with E-state index < -0.39 is 0 Å². The summed E-state index contributed by atoms with van der Waals surface area (Å²) < 4.78 is 0. The summed E-state index contributed by atoms with van der Waals surface area (Å²) in [5.41, 5.74) is 5.79. The van der Waals surface area contributed by atoms with Gasteiger partial charge in [0.2, 0.25) is 0 Å². The Morgan fingerprint density at radius 3 is 2.95 bits per heavy atom. The number of benzene rings is 1. The van der Waals surface area contributed by atoms with E-state index in [2.05, 4.69) is 45.3 Å². The zero-order chi connectivity index (χ0) is 12.7. The predicted octanol–water partition coefficient (Wildman–Crippen LogP) is 3.27. The zero-order valence-corrected chi connectivity index (χ0v) is 11.5. The molecule has 19 heavy (non-hydrogen) atoms. The van der Waals surface area contributed by atoms with E-state index in [1.54, 1.807) is 11.3 Å². The molecule has 2 nitrogen and oxygen atoms in total. The van der Waals surface area contributed by atoms with Crippen LogP contribution in [0.3, 0.4) is 0 Å². The van der Waals surface area contributed by atoms with Crippen LogP contribution in [0.15, 0.2) is 40.0 Å². The van der Waals surface area contributed by atoms with Crippen LogP contribution < -0.4 is 5.32 Å². The quantitative estimate of drug-likeness (QED) is 0.843. The lowest BCUT2D eigenvalue weighted by atomic mass is 9.78. The lowest BCUT2D eigenvalue weighted by Crippen LogP contribution is -2.38. The summed E-state index contributed by atoms with van der Waals surface area (Å²) in [6.07, 6.45) is 5.27. The van der Waals surface area contributed by atoms with Crippen LogP contribution in [0.5, 0.6) is 0 Å². The Hall–Kier alpha value is -1.61. The number of rotatable bonds is 1. The molecule has 4 rings (SSSR count). The normalized spacial score (nSPS) is 24.4. The number of hydrogen-bond donors (Lipinski definition) is 1. The predicted molar refractivity (Wildman–Crippen MR) is 81.0 cm³/mol. The van der Waals surface area contributed by atoms with Gasteiger partial charge in [0.05, 0.1) is 11.9 Å². The van der Waals surface area contributed by atoms with Gasteiger partial charge in [-0.05, 0) is 58.3 Å². The summed E-state index contributed by atoms with van der Waals surface area (Å²) in [7, 11) is 0. The van der Waals surface area contributed by atoms with Gasteiger partial charge in [-0.2, -0.15) is 11.3 Å². The number of thiophene rings is 1. The number of nitrogens with one attached hydrogen (secondary N) is 1. The largest absolute Gasteiger partial charge is 0.374 e. The fraction of sp³-hybridized carbons (Fsp3) is 0.312. The Labute approximate surface area is 117 Å². The molecule has 1 spiro atoms. The van der Waals surface area contributed by atoms with Gasteiger partial charge in [-0.1, -0.05) is 18.2 Å². The number of aliphatic imine (C=N–C) groups is 1. The van der Waals surface area contributed by atoms with Gasteiger partial charge in [-0.25, -0.2) is 0 Å². The van der Waals surface area contributed by atoms with Crippen molar-refractivity contribution in [2.24, 2.45) is 4.99 Å². The summed E-state index contributed by atoms with van der Waals surface area (Å²) >= 11 is 1.76. The van der Waals surface area contributed by atoms with Gasteiger partial charge in [0.25, 0.3) is 0 Å². The van der Waals surface area contributed by atoms with Crippen LogP contribution in [0.2, 0.25) is 0 Å². The Morgan fingerprint density at radius 1 is 1.16 bits per heavy atom. The fourth-order valence-corrected chi connectivity index (χ4v) is 3.84. The van der Waals surface area contributed by atoms with Crippen molar-refractivity contribution in [3.63, 3.8) is 0 Å². The van der Waals surface area contributed by atoms with Crippen LogP contribution >= 0.6 is 11.3 Å². The van der Waals surface area contributed by atoms with Gasteiger partial charge in [-0.3, -0.25) is 4.99 Å². The molecule has 0 saturated heterocycles. The lowest BCUT2D eigenvalue weighted by molar-refractivity contribution is 0.394. The van der Waals surface area contributed by atoms with Gasteiger partial charge >= 0.3 is 0 Å². The van der Waals surface area contributed by atoms with Gasteiger partial charge in [-0.15, -0.1) is 0 Å². The molecule has 0 radical (unpaired) electrons. The Kier molecular flexibility index (Phi) is 2.49. The summed E-state index contributed by atoms with van der Waals surface area (Å²) in [5.74, 6) is 0. The smallest absolute Gasteiger partial charge is 0.0840 e. The van der Waals surface area contributed by atoms with Crippen LogP contribution in [-0.4, -0.2) is 18.4 Å². The van der Waals surface area contributed by atoms with Crippen molar-refractivity contribution in [3.8, 4) is 11.1 Å². The maximum Gasteiger partial charge on any atom is 0.0840 e. The number of hydrogen-bond acceptors (Lipinski definition) is 3. The molecule has 1 aromatic heterocycles. The van der Waals surface area contributed by atoms with Crippen molar-refractivity contribution in [2.75, 3.05) is 6.54 Å². The van der Waals surface area contributed by atoms with Gasteiger partial charge in [0.15, 0.2) is 0 Å². The van der Waals surface area contributed by atoms with E-state index >= 15 is 0 Å². The highest BCUT2D eigenvalue weighted by Gasteiger charge is 2.35. The second-order valence-electron chi connectivity index (χ2n) is 5.54. The molecule has 2 aromatic rings. The summed E-state index contributed by atoms with van der Waals surface area (Å²) in [6, 6.07) is 9.13. The first-order valence-electron chi connectivity index (χ1n) is 6.76. The summed E-state index contributed by atoms with van der Waals surface area (Å²) in [6.45, 7) is 0.995. The van der Waals surface area contributed by atoms with Crippen molar-refractivity contribution in [1.29, 1.82) is 0 Å². The maximum absolute atomic E-state index is 4.68. The van der Waals surface area contributed by atoms with E-state index in [1.165, 1.54) is 28.7 Å². The zero-order valence-electron chi connectivity index (χ0n) is 10.7. The molecule has 96 valence electrons. The first-order chi connectivity index (χ1) is 9.35. The molecule has 1 aliphatic heterocycles. The lowest BCUT2D eigenvalue weighted by Gasteiger charge is -2.31. The molecule has 0 amide bonds. The first-order valence-corrected chi connectivity index (χ1v) is 7.70. The van der Waals surface area contributed by atoms with Crippen molar-refractivity contribution >= 4 is 17.7 Å². The van der Waals surface area contributed by atoms with Gasteiger partial charge < -0.3 is 5.32 Å². The highest BCUT2D eigenvalue weighted by atomic mass is 32.1. The number of aryl methyl sites for hydroxylation is 1. The summed E-state index contributed by atoms with van der Waals surface area (Å²) in [5, 5.41) is 7.62.